The molecule has 0 aliphatic rings. The maximum Gasteiger partial charge on any atom is 0.326 e. The van der Waals surface area contributed by atoms with E-state index in [0.717, 1.165) is 27.8 Å². The Labute approximate surface area is 132 Å². The van der Waals surface area contributed by atoms with Crippen LogP contribution < -0.4 is 4.31 Å². The molecule has 0 aliphatic carbocycles. The number of thiophene rings is 1. The Kier molecular flexibility index (Phi) is 5.15. The second-order valence-electron chi connectivity index (χ2n) is 4.23. The first-order valence-corrected chi connectivity index (χ1v) is 8.74. The van der Waals surface area contributed by atoms with Crippen LogP contribution in [0.3, 0.4) is 0 Å². The van der Waals surface area contributed by atoms with Gasteiger partial charge in [0, 0.05) is 0 Å². The molecular formula is C14H14FNO4S2. The maximum atomic E-state index is 13.0. The van der Waals surface area contributed by atoms with Gasteiger partial charge in [-0.25, -0.2) is 12.8 Å². The number of rotatable bonds is 6. The van der Waals surface area contributed by atoms with Gasteiger partial charge in [-0.1, -0.05) is 6.07 Å². The van der Waals surface area contributed by atoms with Gasteiger partial charge < -0.3 is 4.74 Å². The average molecular weight is 343 g/mol. The zero-order valence-electron chi connectivity index (χ0n) is 11.7. The minimum absolute atomic E-state index is 0.0983. The van der Waals surface area contributed by atoms with Crippen molar-refractivity contribution in [3.63, 3.8) is 0 Å². The van der Waals surface area contributed by atoms with Gasteiger partial charge in [0.2, 0.25) is 0 Å². The Morgan fingerprint density at radius 3 is 2.50 bits per heavy atom. The van der Waals surface area contributed by atoms with Gasteiger partial charge in [-0.15, -0.1) is 11.3 Å². The lowest BCUT2D eigenvalue weighted by Crippen LogP contribution is -2.36. The van der Waals surface area contributed by atoms with E-state index in [1.165, 1.54) is 18.2 Å². The number of carbonyl (C=O) groups excluding carboxylic acids is 1. The van der Waals surface area contributed by atoms with Crippen molar-refractivity contribution in [2.45, 2.75) is 11.1 Å². The van der Waals surface area contributed by atoms with E-state index < -0.39 is 28.4 Å². The van der Waals surface area contributed by atoms with Gasteiger partial charge in [0.1, 0.15) is 16.6 Å². The zero-order chi connectivity index (χ0) is 16.2. The number of halogens is 1. The molecule has 1 heterocycles. The Balaban J connectivity index is 2.41. The number of anilines is 1. The van der Waals surface area contributed by atoms with E-state index in [2.05, 4.69) is 0 Å². The normalized spacial score (nSPS) is 11.2. The molecule has 0 atom stereocenters. The van der Waals surface area contributed by atoms with Crippen molar-refractivity contribution in [2.75, 3.05) is 17.5 Å². The first-order chi connectivity index (χ1) is 10.4. The highest BCUT2D eigenvalue weighted by atomic mass is 32.2. The topological polar surface area (TPSA) is 63.7 Å². The quantitative estimate of drug-likeness (QED) is 0.757. The molecule has 1 aromatic heterocycles. The fraction of sp³-hybridized carbons (Fsp3) is 0.214. The summed E-state index contributed by atoms with van der Waals surface area (Å²) in [6.45, 7) is 1.31. The molecular weight excluding hydrogens is 329 g/mol. The highest BCUT2D eigenvalue weighted by molar-refractivity contribution is 7.94. The van der Waals surface area contributed by atoms with Crippen molar-refractivity contribution in [3.8, 4) is 0 Å². The third-order valence-electron chi connectivity index (χ3n) is 2.73. The molecule has 8 heteroatoms. The van der Waals surface area contributed by atoms with Crippen LogP contribution in [0.15, 0.2) is 46.0 Å². The molecule has 0 saturated carbocycles. The van der Waals surface area contributed by atoms with Crippen LogP contribution in [0, 0.1) is 5.82 Å². The number of hydrogen-bond donors (Lipinski definition) is 0. The van der Waals surface area contributed by atoms with Crippen molar-refractivity contribution in [1.29, 1.82) is 0 Å². The summed E-state index contributed by atoms with van der Waals surface area (Å²) in [5.41, 5.74) is 0.197. The number of sulfonamides is 1. The molecule has 0 amide bonds. The lowest BCUT2D eigenvalue weighted by atomic mass is 10.3. The Hall–Kier alpha value is -1.93. The summed E-state index contributed by atoms with van der Waals surface area (Å²) in [7, 11) is -3.91. The largest absolute Gasteiger partial charge is 0.465 e. The van der Waals surface area contributed by atoms with Gasteiger partial charge in [-0.2, -0.15) is 0 Å². The van der Waals surface area contributed by atoms with E-state index in [1.807, 2.05) is 0 Å². The second kappa shape index (κ2) is 6.89. The molecule has 1 aromatic carbocycles. The van der Waals surface area contributed by atoms with E-state index >= 15 is 0 Å². The van der Waals surface area contributed by atoms with Crippen LogP contribution in [0.25, 0.3) is 0 Å². The summed E-state index contributed by atoms with van der Waals surface area (Å²) in [6.07, 6.45) is 0. The summed E-state index contributed by atoms with van der Waals surface area (Å²) in [4.78, 5) is 11.7. The van der Waals surface area contributed by atoms with Crippen LogP contribution >= 0.6 is 11.3 Å². The molecule has 0 N–H and O–H groups in total. The number of carbonyl (C=O) groups is 1. The van der Waals surface area contributed by atoms with Crippen LogP contribution in [0.1, 0.15) is 6.92 Å². The summed E-state index contributed by atoms with van der Waals surface area (Å²) in [6, 6.07) is 7.93. The molecule has 2 aromatic rings. The molecule has 0 aliphatic heterocycles. The summed E-state index contributed by atoms with van der Waals surface area (Å²) in [5.74, 6) is -1.17. The molecule has 0 unspecified atom stereocenters. The van der Waals surface area contributed by atoms with E-state index in [1.54, 1.807) is 18.4 Å². The van der Waals surface area contributed by atoms with E-state index in [4.69, 9.17) is 4.74 Å². The van der Waals surface area contributed by atoms with Crippen LogP contribution in [0.2, 0.25) is 0 Å². The standard InChI is InChI=1S/C14H14FNO4S2/c1-2-20-13(17)10-16(12-7-5-11(15)6-8-12)22(18,19)14-4-3-9-21-14/h3-9H,2,10H2,1H3. The van der Waals surface area contributed by atoms with Crippen molar-refractivity contribution in [1.82, 2.24) is 0 Å². The number of hydrogen-bond acceptors (Lipinski definition) is 5. The minimum atomic E-state index is -3.91. The fourth-order valence-electron chi connectivity index (χ4n) is 1.77. The number of benzene rings is 1. The second-order valence-corrected chi connectivity index (χ2v) is 7.26. The van der Waals surface area contributed by atoms with Gasteiger partial charge in [0.05, 0.1) is 12.3 Å². The van der Waals surface area contributed by atoms with E-state index in [9.17, 15) is 17.6 Å². The molecule has 0 spiro atoms. The summed E-state index contributed by atoms with van der Waals surface area (Å²) < 4.78 is 44.2. The Morgan fingerprint density at radius 1 is 1.27 bits per heavy atom. The third-order valence-corrected chi connectivity index (χ3v) is 5.88. The highest BCUT2D eigenvalue weighted by Crippen LogP contribution is 2.26. The van der Waals surface area contributed by atoms with Crippen molar-refractivity contribution in [2.24, 2.45) is 0 Å². The molecule has 118 valence electrons. The van der Waals surface area contributed by atoms with Crippen LogP contribution in [0.4, 0.5) is 10.1 Å². The van der Waals surface area contributed by atoms with Crippen LogP contribution in [-0.2, 0) is 19.6 Å². The molecule has 2 rings (SSSR count). The zero-order valence-corrected chi connectivity index (χ0v) is 13.4. The SMILES string of the molecule is CCOC(=O)CN(c1ccc(F)cc1)S(=O)(=O)c1cccs1. The van der Waals surface area contributed by atoms with Crippen LogP contribution in [0.5, 0.6) is 0 Å². The Morgan fingerprint density at radius 2 is 1.95 bits per heavy atom. The lowest BCUT2D eigenvalue weighted by Gasteiger charge is -2.22. The summed E-state index contributed by atoms with van der Waals surface area (Å²) in [5, 5.41) is 1.63. The van der Waals surface area contributed by atoms with E-state index in [0.29, 0.717) is 0 Å². The van der Waals surface area contributed by atoms with Gasteiger partial charge >= 0.3 is 5.97 Å². The Bertz CT molecular complexity index is 727. The predicted octanol–water partition coefficient (Wildman–Crippen LogP) is 2.65. The minimum Gasteiger partial charge on any atom is -0.465 e. The maximum absolute atomic E-state index is 13.0. The average Bonchev–Trinajstić information content (AvgIpc) is 3.01. The monoisotopic (exact) mass is 343 g/mol. The van der Waals surface area contributed by atoms with Gasteiger partial charge in [0.15, 0.2) is 0 Å². The van der Waals surface area contributed by atoms with Crippen molar-refractivity contribution in [3.05, 3.63) is 47.6 Å². The third kappa shape index (κ3) is 3.63. The van der Waals surface area contributed by atoms with Gasteiger partial charge in [-0.3, -0.25) is 9.10 Å². The highest BCUT2D eigenvalue weighted by Gasteiger charge is 2.28. The van der Waals surface area contributed by atoms with E-state index in [-0.39, 0.29) is 16.5 Å². The lowest BCUT2D eigenvalue weighted by molar-refractivity contribution is -0.141. The number of ether oxygens (including phenoxy) is 1. The summed E-state index contributed by atoms with van der Waals surface area (Å²) >= 11 is 1.04. The fourth-order valence-corrected chi connectivity index (χ4v) is 4.28. The number of nitrogens with zero attached hydrogens (tertiary/aromatic N) is 1. The molecule has 5 nitrogen and oxygen atoms in total. The number of esters is 1. The van der Waals surface area contributed by atoms with Crippen molar-refractivity contribution < 1.29 is 22.3 Å². The smallest absolute Gasteiger partial charge is 0.326 e. The first-order valence-electron chi connectivity index (χ1n) is 6.42. The molecule has 0 saturated heterocycles. The van der Waals surface area contributed by atoms with Crippen LogP contribution in [-0.4, -0.2) is 27.5 Å². The van der Waals surface area contributed by atoms with Crippen molar-refractivity contribution >= 4 is 33.0 Å². The molecule has 22 heavy (non-hydrogen) atoms. The first kappa shape index (κ1) is 16.4. The van der Waals surface area contributed by atoms with Gasteiger partial charge in [-0.05, 0) is 42.6 Å². The molecule has 0 fully saturated rings. The van der Waals surface area contributed by atoms with Gasteiger partial charge in [0.25, 0.3) is 10.0 Å². The molecule has 0 radical (unpaired) electrons. The molecule has 0 bridgehead atoms. The predicted molar refractivity (Wildman–Crippen MR) is 81.9 cm³/mol.